The van der Waals surface area contributed by atoms with Gasteiger partial charge in [-0.3, -0.25) is 9.59 Å². The summed E-state index contributed by atoms with van der Waals surface area (Å²) in [6.45, 7) is 1.68. The molecule has 0 atom stereocenters. The maximum Gasteiger partial charge on any atom is 0.255 e. The van der Waals surface area contributed by atoms with Crippen molar-refractivity contribution in [2.75, 3.05) is 30.5 Å². The summed E-state index contributed by atoms with van der Waals surface area (Å²) in [5.41, 5.74) is 9.13. The summed E-state index contributed by atoms with van der Waals surface area (Å²) in [6, 6.07) is 15.2. The van der Waals surface area contributed by atoms with E-state index >= 15 is 0 Å². The SMILES string of the molecule is COc1cc(/C=C/C(=O)Nc2ccc(N3CCc4sccc4C3)cc2)ccc1OCC(N)=O. The Kier molecular flexibility index (Phi) is 6.95. The van der Waals surface area contributed by atoms with Gasteiger partial charge >= 0.3 is 0 Å². The Morgan fingerprint density at radius 1 is 1.15 bits per heavy atom. The van der Waals surface area contributed by atoms with Crippen molar-refractivity contribution in [1.82, 2.24) is 0 Å². The maximum atomic E-state index is 12.4. The van der Waals surface area contributed by atoms with Gasteiger partial charge < -0.3 is 25.4 Å². The minimum atomic E-state index is -0.571. The fourth-order valence-corrected chi connectivity index (χ4v) is 4.53. The number of anilines is 2. The highest BCUT2D eigenvalue weighted by Crippen LogP contribution is 2.29. The number of nitrogens with two attached hydrogens (primary N) is 1. The van der Waals surface area contributed by atoms with E-state index in [4.69, 9.17) is 15.2 Å². The molecular formula is C25H25N3O4S. The molecule has 3 N–H and O–H groups in total. The van der Waals surface area contributed by atoms with E-state index in [1.165, 1.54) is 23.6 Å². The molecule has 0 saturated heterocycles. The minimum absolute atomic E-state index is 0.237. The molecule has 2 heterocycles. The van der Waals surface area contributed by atoms with Gasteiger partial charge in [-0.05, 0) is 71.5 Å². The van der Waals surface area contributed by atoms with Crippen molar-refractivity contribution in [3.8, 4) is 11.5 Å². The van der Waals surface area contributed by atoms with E-state index in [0.717, 1.165) is 36.4 Å². The van der Waals surface area contributed by atoms with Crippen molar-refractivity contribution in [2.45, 2.75) is 13.0 Å². The summed E-state index contributed by atoms with van der Waals surface area (Å²) in [5.74, 6) is 0.0403. The number of hydrogen-bond donors (Lipinski definition) is 2. The molecule has 33 heavy (non-hydrogen) atoms. The number of benzene rings is 2. The first-order chi connectivity index (χ1) is 16.0. The predicted octanol–water partition coefficient (Wildman–Crippen LogP) is 3.84. The Bertz CT molecular complexity index is 1170. The number of fused-ring (bicyclic) bond motifs is 1. The fraction of sp³-hybridized carbons (Fsp3) is 0.200. The largest absolute Gasteiger partial charge is 0.493 e. The Morgan fingerprint density at radius 2 is 1.97 bits per heavy atom. The monoisotopic (exact) mass is 463 g/mol. The van der Waals surface area contributed by atoms with Crippen LogP contribution in [0, 0.1) is 0 Å². The summed E-state index contributed by atoms with van der Waals surface area (Å²) >= 11 is 1.83. The van der Waals surface area contributed by atoms with Gasteiger partial charge in [0.05, 0.1) is 7.11 Å². The average Bonchev–Trinajstić information content (AvgIpc) is 3.30. The quantitative estimate of drug-likeness (QED) is 0.495. The Hall–Kier alpha value is -3.78. The number of carbonyl (C=O) groups excluding carboxylic acids is 2. The number of rotatable bonds is 8. The van der Waals surface area contributed by atoms with E-state index in [-0.39, 0.29) is 12.5 Å². The highest BCUT2D eigenvalue weighted by Gasteiger charge is 2.17. The zero-order valence-electron chi connectivity index (χ0n) is 18.2. The van der Waals surface area contributed by atoms with E-state index in [1.54, 1.807) is 24.3 Å². The van der Waals surface area contributed by atoms with Crippen LogP contribution in [-0.4, -0.2) is 32.1 Å². The van der Waals surface area contributed by atoms with Crippen LogP contribution in [0.1, 0.15) is 16.0 Å². The molecule has 8 heteroatoms. The second-order valence-corrected chi connectivity index (χ2v) is 8.58. The molecule has 0 fully saturated rings. The van der Waals surface area contributed by atoms with E-state index in [2.05, 4.69) is 21.7 Å². The lowest BCUT2D eigenvalue weighted by atomic mass is 10.1. The third-order valence-corrected chi connectivity index (χ3v) is 6.32. The molecule has 4 rings (SSSR count). The van der Waals surface area contributed by atoms with E-state index in [1.807, 2.05) is 35.6 Å². The summed E-state index contributed by atoms with van der Waals surface area (Å²) in [4.78, 5) is 27.1. The van der Waals surface area contributed by atoms with Crippen molar-refractivity contribution in [2.24, 2.45) is 5.73 Å². The van der Waals surface area contributed by atoms with E-state index < -0.39 is 5.91 Å². The van der Waals surface area contributed by atoms with Crippen LogP contribution in [0.3, 0.4) is 0 Å². The van der Waals surface area contributed by atoms with Gasteiger partial charge in [-0.25, -0.2) is 0 Å². The molecule has 0 aliphatic carbocycles. The zero-order chi connectivity index (χ0) is 23.2. The molecular weight excluding hydrogens is 438 g/mol. The molecule has 0 unspecified atom stereocenters. The highest BCUT2D eigenvalue weighted by atomic mass is 32.1. The Morgan fingerprint density at radius 3 is 2.73 bits per heavy atom. The van der Waals surface area contributed by atoms with Crippen LogP contribution in [0.15, 0.2) is 60.0 Å². The molecule has 1 aromatic heterocycles. The van der Waals surface area contributed by atoms with Crippen molar-refractivity contribution in [3.63, 3.8) is 0 Å². The summed E-state index contributed by atoms with van der Waals surface area (Å²) in [5, 5.41) is 5.03. The standard InChI is InChI=1S/C25H25N3O4S/c1-31-22-14-17(2-8-21(22)32-16-24(26)29)3-9-25(30)27-19-4-6-20(7-5-19)28-12-10-23-18(15-28)11-13-33-23/h2-9,11,13-14H,10,12,15-16H2,1H3,(H2,26,29)(H,27,30)/b9-3+. The number of nitrogens with zero attached hydrogens (tertiary/aromatic N) is 1. The molecule has 2 aromatic carbocycles. The molecule has 1 aliphatic rings. The van der Waals surface area contributed by atoms with Crippen LogP contribution >= 0.6 is 11.3 Å². The predicted molar refractivity (Wildman–Crippen MR) is 131 cm³/mol. The fourth-order valence-electron chi connectivity index (χ4n) is 3.64. The highest BCUT2D eigenvalue weighted by molar-refractivity contribution is 7.10. The maximum absolute atomic E-state index is 12.4. The third-order valence-electron chi connectivity index (χ3n) is 5.29. The topological polar surface area (TPSA) is 93.9 Å². The number of hydrogen-bond acceptors (Lipinski definition) is 6. The molecule has 0 radical (unpaired) electrons. The number of carbonyl (C=O) groups is 2. The third kappa shape index (κ3) is 5.72. The van der Waals surface area contributed by atoms with Crippen LogP contribution in [-0.2, 0) is 22.6 Å². The van der Waals surface area contributed by atoms with E-state index in [0.29, 0.717) is 11.5 Å². The molecule has 1 aliphatic heterocycles. The van der Waals surface area contributed by atoms with Crippen molar-refractivity contribution in [1.29, 1.82) is 0 Å². The van der Waals surface area contributed by atoms with Gasteiger partial charge in [-0.2, -0.15) is 0 Å². The van der Waals surface area contributed by atoms with Crippen molar-refractivity contribution >= 4 is 40.6 Å². The summed E-state index contributed by atoms with van der Waals surface area (Å²) in [7, 11) is 1.50. The smallest absolute Gasteiger partial charge is 0.255 e. The molecule has 2 amide bonds. The number of methoxy groups -OCH3 is 1. The van der Waals surface area contributed by atoms with Gasteiger partial charge in [-0.1, -0.05) is 6.07 Å². The van der Waals surface area contributed by atoms with Crippen LogP contribution in [0.25, 0.3) is 6.08 Å². The lowest BCUT2D eigenvalue weighted by molar-refractivity contribution is -0.120. The van der Waals surface area contributed by atoms with E-state index in [9.17, 15) is 9.59 Å². The molecule has 0 saturated carbocycles. The number of thiophene rings is 1. The number of nitrogens with one attached hydrogen (secondary N) is 1. The summed E-state index contributed by atoms with van der Waals surface area (Å²) in [6.07, 6.45) is 4.20. The molecule has 7 nitrogen and oxygen atoms in total. The van der Waals surface area contributed by atoms with Crippen LogP contribution in [0.2, 0.25) is 0 Å². The second kappa shape index (κ2) is 10.2. The first-order valence-electron chi connectivity index (χ1n) is 10.5. The normalized spacial score (nSPS) is 12.9. The lowest BCUT2D eigenvalue weighted by Gasteiger charge is -2.29. The number of ether oxygens (including phenoxy) is 2. The second-order valence-electron chi connectivity index (χ2n) is 7.58. The first kappa shape index (κ1) is 22.4. The number of amides is 2. The van der Waals surface area contributed by atoms with Gasteiger partial charge in [0, 0.05) is 35.4 Å². The van der Waals surface area contributed by atoms with Gasteiger partial charge in [0.1, 0.15) is 0 Å². The van der Waals surface area contributed by atoms with Gasteiger partial charge in [0.2, 0.25) is 5.91 Å². The van der Waals surface area contributed by atoms with Gasteiger partial charge in [0.25, 0.3) is 5.91 Å². The Labute approximate surface area is 196 Å². The molecule has 170 valence electrons. The lowest BCUT2D eigenvalue weighted by Crippen LogP contribution is -2.29. The first-order valence-corrected chi connectivity index (χ1v) is 11.4. The minimum Gasteiger partial charge on any atom is -0.493 e. The van der Waals surface area contributed by atoms with Crippen LogP contribution in [0.5, 0.6) is 11.5 Å². The molecule has 3 aromatic rings. The van der Waals surface area contributed by atoms with Crippen LogP contribution in [0.4, 0.5) is 11.4 Å². The van der Waals surface area contributed by atoms with Crippen LogP contribution < -0.4 is 25.4 Å². The van der Waals surface area contributed by atoms with Crippen molar-refractivity contribution in [3.05, 3.63) is 76.0 Å². The number of primary amides is 1. The van der Waals surface area contributed by atoms with Gasteiger partial charge in [0.15, 0.2) is 18.1 Å². The van der Waals surface area contributed by atoms with Crippen molar-refractivity contribution < 1.29 is 19.1 Å². The Balaban J connectivity index is 1.34. The molecule has 0 spiro atoms. The molecule has 0 bridgehead atoms. The average molecular weight is 464 g/mol. The van der Waals surface area contributed by atoms with Gasteiger partial charge in [-0.15, -0.1) is 11.3 Å². The summed E-state index contributed by atoms with van der Waals surface area (Å²) < 4.78 is 10.6. The zero-order valence-corrected chi connectivity index (χ0v) is 19.1.